The second-order valence-electron chi connectivity index (χ2n) is 7.41. The molecule has 0 aliphatic rings. The summed E-state index contributed by atoms with van der Waals surface area (Å²) >= 11 is 0. The van der Waals surface area contributed by atoms with Gasteiger partial charge in [-0.1, -0.05) is 83.1 Å². The minimum atomic E-state index is 0.854. The van der Waals surface area contributed by atoms with Crippen molar-refractivity contribution in [2.24, 2.45) is 5.92 Å². The van der Waals surface area contributed by atoms with Crippen molar-refractivity contribution in [1.29, 1.82) is 0 Å². The van der Waals surface area contributed by atoms with Crippen molar-refractivity contribution in [3.8, 4) is 5.75 Å². The summed E-state index contributed by atoms with van der Waals surface area (Å²) in [6.45, 7) is 9.28. The van der Waals surface area contributed by atoms with Crippen LogP contribution in [0.5, 0.6) is 5.75 Å². The number of benzene rings is 1. The fourth-order valence-corrected chi connectivity index (χ4v) is 3.14. The fourth-order valence-electron chi connectivity index (χ4n) is 3.14. The van der Waals surface area contributed by atoms with Crippen molar-refractivity contribution in [1.82, 2.24) is 0 Å². The first-order valence-electron chi connectivity index (χ1n) is 10.6. The van der Waals surface area contributed by atoms with Crippen LogP contribution in [-0.2, 0) is 6.42 Å². The summed E-state index contributed by atoms with van der Waals surface area (Å²) in [5, 5.41) is 0. The lowest BCUT2D eigenvalue weighted by molar-refractivity contribution is 0.301. The van der Waals surface area contributed by atoms with E-state index in [0.717, 1.165) is 37.5 Å². The second kappa shape index (κ2) is 15.0. The molecular weight excluding hydrogens is 304 g/mol. The van der Waals surface area contributed by atoms with Crippen LogP contribution in [0.25, 0.3) is 0 Å². The first-order valence-corrected chi connectivity index (χ1v) is 10.6. The molecule has 0 heterocycles. The Kier molecular flexibility index (Phi) is 13.1. The van der Waals surface area contributed by atoms with Crippen molar-refractivity contribution < 1.29 is 4.74 Å². The second-order valence-corrected chi connectivity index (χ2v) is 7.41. The van der Waals surface area contributed by atoms with Gasteiger partial charge in [-0.3, -0.25) is 0 Å². The van der Waals surface area contributed by atoms with Gasteiger partial charge >= 0.3 is 0 Å². The summed E-state index contributed by atoms with van der Waals surface area (Å²) in [6, 6.07) is 8.61. The molecule has 0 spiro atoms. The van der Waals surface area contributed by atoms with E-state index in [4.69, 9.17) is 4.74 Å². The third kappa shape index (κ3) is 11.1. The number of allylic oxidation sites excluding steroid dienone is 1. The molecule has 0 amide bonds. The lowest BCUT2D eigenvalue weighted by Crippen LogP contribution is -2.00. The van der Waals surface area contributed by atoms with Gasteiger partial charge in [0.2, 0.25) is 0 Å². The van der Waals surface area contributed by atoms with Crippen LogP contribution in [0.3, 0.4) is 0 Å². The number of hydrogen-bond acceptors (Lipinski definition) is 1. The molecule has 1 rings (SSSR count). The number of unbranched alkanes of at least 4 members (excludes halogenated alkanes) is 7. The monoisotopic (exact) mass is 344 g/mol. The maximum Gasteiger partial charge on any atom is 0.122 e. The third-order valence-electron chi connectivity index (χ3n) is 5.12. The molecular formula is C24H40O. The first kappa shape index (κ1) is 21.8. The summed E-state index contributed by atoms with van der Waals surface area (Å²) in [6.07, 6.45) is 17.3. The van der Waals surface area contributed by atoms with E-state index in [1.807, 2.05) is 6.08 Å². The number of hydrogen-bond donors (Lipinski definition) is 0. The highest BCUT2D eigenvalue weighted by Crippen LogP contribution is 2.22. The zero-order valence-electron chi connectivity index (χ0n) is 16.8. The molecule has 0 aromatic heterocycles. The third-order valence-corrected chi connectivity index (χ3v) is 5.12. The van der Waals surface area contributed by atoms with Crippen LogP contribution >= 0.6 is 0 Å². The number of para-hydroxylation sites is 1. The first-order chi connectivity index (χ1) is 12.3. The summed E-state index contributed by atoms with van der Waals surface area (Å²) in [5.41, 5.74) is 1.39. The van der Waals surface area contributed by atoms with E-state index in [9.17, 15) is 0 Å². The minimum absolute atomic E-state index is 0.854. The van der Waals surface area contributed by atoms with Crippen molar-refractivity contribution in [3.05, 3.63) is 42.5 Å². The van der Waals surface area contributed by atoms with Gasteiger partial charge in [0.1, 0.15) is 5.75 Å². The molecule has 1 atom stereocenters. The molecule has 0 saturated carbocycles. The number of rotatable bonds is 16. The quantitative estimate of drug-likeness (QED) is 0.220. The predicted octanol–water partition coefficient (Wildman–Crippen LogP) is 7.74. The molecule has 1 nitrogen and oxygen atoms in total. The number of ether oxygens (including phenoxy) is 1. The standard InChI is InChI=1S/C24H40O/c1-4-6-7-8-9-10-16-21-25-24-20-15-14-19-23(24)18-13-11-12-17-22(3)5-2/h4,14-15,19-20,22H,1,5-13,16-18,21H2,2-3H3. The molecule has 1 aromatic rings. The summed E-state index contributed by atoms with van der Waals surface area (Å²) in [4.78, 5) is 0. The number of aryl methyl sites for hydroxylation is 1. The zero-order chi connectivity index (χ0) is 18.2. The molecule has 0 bridgehead atoms. The lowest BCUT2D eigenvalue weighted by atomic mass is 9.99. The van der Waals surface area contributed by atoms with Gasteiger partial charge in [0.15, 0.2) is 0 Å². The maximum absolute atomic E-state index is 6.06. The Morgan fingerprint density at radius 2 is 1.68 bits per heavy atom. The van der Waals surface area contributed by atoms with E-state index in [1.165, 1.54) is 63.4 Å². The summed E-state index contributed by atoms with van der Waals surface area (Å²) < 4.78 is 6.06. The van der Waals surface area contributed by atoms with Gasteiger partial charge in [-0.05, 0) is 49.7 Å². The Balaban J connectivity index is 2.17. The van der Waals surface area contributed by atoms with Gasteiger partial charge in [0.25, 0.3) is 0 Å². The smallest absolute Gasteiger partial charge is 0.122 e. The van der Waals surface area contributed by atoms with Gasteiger partial charge < -0.3 is 4.74 Å². The maximum atomic E-state index is 6.06. The molecule has 0 aliphatic heterocycles. The summed E-state index contributed by atoms with van der Waals surface area (Å²) in [7, 11) is 0. The van der Waals surface area contributed by atoms with Crippen molar-refractivity contribution in [3.63, 3.8) is 0 Å². The average molecular weight is 345 g/mol. The normalized spacial score (nSPS) is 12.1. The van der Waals surface area contributed by atoms with E-state index in [0.29, 0.717) is 0 Å². The highest BCUT2D eigenvalue weighted by molar-refractivity contribution is 5.33. The fraction of sp³-hybridized carbons (Fsp3) is 0.667. The van der Waals surface area contributed by atoms with E-state index in [1.54, 1.807) is 0 Å². The van der Waals surface area contributed by atoms with Crippen LogP contribution in [-0.4, -0.2) is 6.61 Å². The van der Waals surface area contributed by atoms with E-state index in [2.05, 4.69) is 44.7 Å². The Bertz CT molecular complexity index is 437. The van der Waals surface area contributed by atoms with Crippen LogP contribution in [0.15, 0.2) is 36.9 Å². The summed E-state index contributed by atoms with van der Waals surface area (Å²) in [5.74, 6) is 1.99. The highest BCUT2D eigenvalue weighted by atomic mass is 16.5. The van der Waals surface area contributed by atoms with Gasteiger partial charge in [0.05, 0.1) is 6.61 Å². The zero-order valence-corrected chi connectivity index (χ0v) is 16.8. The van der Waals surface area contributed by atoms with E-state index < -0.39 is 0 Å². The van der Waals surface area contributed by atoms with Crippen LogP contribution in [0.4, 0.5) is 0 Å². The van der Waals surface area contributed by atoms with Crippen LogP contribution in [0.1, 0.15) is 90.0 Å². The molecule has 0 radical (unpaired) electrons. The Labute approximate surface area is 156 Å². The average Bonchev–Trinajstić information content (AvgIpc) is 2.64. The van der Waals surface area contributed by atoms with Gasteiger partial charge in [-0.15, -0.1) is 6.58 Å². The van der Waals surface area contributed by atoms with Crippen LogP contribution in [0, 0.1) is 5.92 Å². The Morgan fingerprint density at radius 3 is 2.48 bits per heavy atom. The molecule has 0 saturated heterocycles. The van der Waals surface area contributed by atoms with Gasteiger partial charge in [-0.2, -0.15) is 0 Å². The Morgan fingerprint density at radius 1 is 0.960 bits per heavy atom. The SMILES string of the molecule is C=CCCCCCCCOc1ccccc1CCCCCC(C)CC. The molecule has 0 aliphatic carbocycles. The molecule has 1 aromatic carbocycles. The van der Waals surface area contributed by atoms with E-state index >= 15 is 0 Å². The molecule has 25 heavy (non-hydrogen) atoms. The molecule has 142 valence electrons. The Hall–Kier alpha value is -1.24. The predicted molar refractivity (Wildman–Crippen MR) is 111 cm³/mol. The van der Waals surface area contributed by atoms with Gasteiger partial charge in [0, 0.05) is 0 Å². The van der Waals surface area contributed by atoms with Gasteiger partial charge in [-0.25, -0.2) is 0 Å². The largest absolute Gasteiger partial charge is 0.493 e. The topological polar surface area (TPSA) is 9.23 Å². The van der Waals surface area contributed by atoms with E-state index in [-0.39, 0.29) is 0 Å². The van der Waals surface area contributed by atoms with Crippen molar-refractivity contribution >= 4 is 0 Å². The lowest BCUT2D eigenvalue weighted by Gasteiger charge is -2.12. The molecule has 1 heteroatoms. The van der Waals surface area contributed by atoms with Crippen molar-refractivity contribution in [2.75, 3.05) is 6.61 Å². The molecule has 0 fully saturated rings. The highest BCUT2D eigenvalue weighted by Gasteiger charge is 2.04. The van der Waals surface area contributed by atoms with Crippen LogP contribution < -0.4 is 4.74 Å². The van der Waals surface area contributed by atoms with Crippen LogP contribution in [0.2, 0.25) is 0 Å². The van der Waals surface area contributed by atoms with Crippen molar-refractivity contribution in [2.45, 2.75) is 90.9 Å². The minimum Gasteiger partial charge on any atom is -0.493 e. The molecule has 0 N–H and O–H groups in total. The molecule has 1 unspecified atom stereocenters.